The maximum Gasteiger partial charge on any atom is 0.241 e. The van der Waals surface area contributed by atoms with Crippen LogP contribution in [0.3, 0.4) is 0 Å². The van der Waals surface area contributed by atoms with Gasteiger partial charge in [0.2, 0.25) is 11.7 Å². The summed E-state index contributed by atoms with van der Waals surface area (Å²) in [5, 5.41) is 13.9. The Bertz CT molecular complexity index is 850. The van der Waals surface area contributed by atoms with Crippen LogP contribution in [-0.2, 0) is 6.54 Å². The third-order valence-electron chi connectivity index (χ3n) is 4.79. The van der Waals surface area contributed by atoms with E-state index in [1.165, 1.54) is 6.33 Å². The normalized spacial score (nSPS) is 21.0. The zero-order valence-corrected chi connectivity index (χ0v) is 14.6. The minimum absolute atomic E-state index is 0.210. The van der Waals surface area contributed by atoms with E-state index in [9.17, 15) is 5.11 Å². The van der Waals surface area contributed by atoms with Crippen molar-refractivity contribution in [3.8, 4) is 22.6 Å². The van der Waals surface area contributed by atoms with Crippen molar-refractivity contribution in [2.75, 3.05) is 13.1 Å². The maximum atomic E-state index is 9.83. The summed E-state index contributed by atoms with van der Waals surface area (Å²) in [7, 11) is 0. The van der Waals surface area contributed by atoms with E-state index < -0.39 is 0 Å². The van der Waals surface area contributed by atoms with Gasteiger partial charge in [0.15, 0.2) is 0 Å². The van der Waals surface area contributed by atoms with Crippen LogP contribution in [0.15, 0.2) is 47.4 Å². The molecule has 134 valence electrons. The zero-order chi connectivity index (χ0) is 17.9. The summed E-state index contributed by atoms with van der Waals surface area (Å²) in [6, 6.07) is 9.78. The topological polar surface area (TPSA) is 88.2 Å². The molecule has 7 heteroatoms. The van der Waals surface area contributed by atoms with Crippen LogP contribution in [0.2, 0.25) is 0 Å². The number of piperidine rings is 1. The maximum absolute atomic E-state index is 9.83. The predicted molar refractivity (Wildman–Crippen MR) is 95.8 cm³/mol. The van der Waals surface area contributed by atoms with E-state index in [-0.39, 0.29) is 12.0 Å². The van der Waals surface area contributed by atoms with Crippen LogP contribution >= 0.6 is 0 Å². The molecule has 1 N–H and O–H groups in total. The molecular formula is C19H21N5O2. The zero-order valence-electron chi connectivity index (χ0n) is 14.6. The molecule has 0 saturated carbocycles. The van der Waals surface area contributed by atoms with Gasteiger partial charge < -0.3 is 9.63 Å². The van der Waals surface area contributed by atoms with E-state index in [0.29, 0.717) is 18.3 Å². The summed E-state index contributed by atoms with van der Waals surface area (Å²) in [4.78, 5) is 14.9. The van der Waals surface area contributed by atoms with Gasteiger partial charge >= 0.3 is 0 Å². The number of aliphatic hydroxyl groups is 1. The molecule has 0 unspecified atom stereocenters. The molecule has 2 aromatic heterocycles. The second-order valence-corrected chi connectivity index (χ2v) is 6.75. The highest BCUT2D eigenvalue weighted by atomic mass is 16.5. The van der Waals surface area contributed by atoms with Crippen molar-refractivity contribution in [3.63, 3.8) is 0 Å². The van der Waals surface area contributed by atoms with Crippen LogP contribution in [0.5, 0.6) is 0 Å². The van der Waals surface area contributed by atoms with Gasteiger partial charge in [-0.15, -0.1) is 0 Å². The van der Waals surface area contributed by atoms with Gasteiger partial charge in [-0.2, -0.15) is 4.98 Å². The number of benzene rings is 1. The molecule has 0 aliphatic carbocycles. The number of hydrogen-bond donors (Lipinski definition) is 1. The van der Waals surface area contributed by atoms with E-state index in [0.717, 1.165) is 36.3 Å². The molecule has 1 aliphatic heterocycles. The molecule has 1 saturated heterocycles. The van der Waals surface area contributed by atoms with Crippen molar-refractivity contribution in [1.29, 1.82) is 0 Å². The quantitative estimate of drug-likeness (QED) is 0.772. The molecule has 3 aromatic rings. The summed E-state index contributed by atoms with van der Waals surface area (Å²) in [5.74, 6) is 1.45. The minimum atomic E-state index is -0.210. The molecule has 1 aliphatic rings. The van der Waals surface area contributed by atoms with E-state index >= 15 is 0 Å². The lowest BCUT2D eigenvalue weighted by Gasteiger charge is -2.33. The Labute approximate surface area is 151 Å². The van der Waals surface area contributed by atoms with Crippen LogP contribution in [0.1, 0.15) is 19.2 Å². The first-order valence-electron chi connectivity index (χ1n) is 8.79. The molecule has 0 amide bonds. The first-order valence-corrected chi connectivity index (χ1v) is 8.79. The van der Waals surface area contributed by atoms with Crippen molar-refractivity contribution in [2.24, 2.45) is 5.92 Å². The third kappa shape index (κ3) is 3.63. The summed E-state index contributed by atoms with van der Waals surface area (Å²) in [6.07, 6.45) is 3.84. The average Bonchev–Trinajstić information content (AvgIpc) is 3.14. The molecule has 1 aromatic carbocycles. The highest BCUT2D eigenvalue weighted by Crippen LogP contribution is 2.23. The van der Waals surface area contributed by atoms with Crippen LogP contribution in [0.25, 0.3) is 22.6 Å². The molecule has 2 atom stereocenters. The second-order valence-electron chi connectivity index (χ2n) is 6.75. The van der Waals surface area contributed by atoms with E-state index in [1.54, 1.807) is 6.20 Å². The minimum Gasteiger partial charge on any atom is -0.393 e. The van der Waals surface area contributed by atoms with Crippen molar-refractivity contribution in [2.45, 2.75) is 26.0 Å². The van der Waals surface area contributed by atoms with E-state index in [2.05, 4.69) is 31.9 Å². The summed E-state index contributed by atoms with van der Waals surface area (Å²) in [5.41, 5.74) is 2.79. The Balaban J connectivity index is 1.44. The highest BCUT2D eigenvalue weighted by Gasteiger charge is 2.25. The average molecular weight is 351 g/mol. The van der Waals surface area contributed by atoms with Gasteiger partial charge in [0.25, 0.3) is 0 Å². The van der Waals surface area contributed by atoms with Crippen LogP contribution in [-0.4, -0.2) is 49.3 Å². The van der Waals surface area contributed by atoms with Gasteiger partial charge in [0.1, 0.15) is 6.33 Å². The lowest BCUT2D eigenvalue weighted by atomic mass is 9.97. The standard InChI is InChI=1S/C19H21N5O2/c1-13-10-24(9-7-17(13)25)11-18-22-19(23-26-18)15-4-2-14(3-5-15)16-6-8-20-12-21-16/h2-6,8,12-13,17,25H,7,9-11H2,1H3/t13-,17-/m0/s1. The number of aromatic nitrogens is 4. The lowest BCUT2D eigenvalue weighted by molar-refractivity contribution is 0.0282. The molecule has 4 rings (SSSR count). The molecule has 26 heavy (non-hydrogen) atoms. The Hall–Kier alpha value is -2.64. The van der Waals surface area contributed by atoms with E-state index in [4.69, 9.17) is 4.52 Å². The predicted octanol–water partition coefficient (Wildman–Crippen LogP) is 2.40. The van der Waals surface area contributed by atoms with Gasteiger partial charge in [-0.05, 0) is 18.4 Å². The SMILES string of the molecule is C[C@H]1CN(Cc2nc(-c3ccc(-c4ccncn4)cc3)no2)CC[C@@H]1O. The number of aliphatic hydroxyl groups excluding tert-OH is 1. The number of hydrogen-bond acceptors (Lipinski definition) is 7. The fourth-order valence-corrected chi connectivity index (χ4v) is 3.24. The van der Waals surface area contributed by atoms with Crippen molar-refractivity contribution in [1.82, 2.24) is 25.0 Å². The van der Waals surface area contributed by atoms with Gasteiger partial charge in [0.05, 0.1) is 18.3 Å². The molecule has 0 bridgehead atoms. The highest BCUT2D eigenvalue weighted by molar-refractivity contribution is 5.64. The van der Waals surface area contributed by atoms with Crippen molar-refractivity contribution < 1.29 is 9.63 Å². The second kappa shape index (κ2) is 7.31. The van der Waals surface area contributed by atoms with Gasteiger partial charge in [0, 0.05) is 30.4 Å². The first-order chi connectivity index (χ1) is 12.7. The Kier molecular flexibility index (Phi) is 4.73. The monoisotopic (exact) mass is 351 g/mol. The van der Waals surface area contributed by atoms with Crippen molar-refractivity contribution >= 4 is 0 Å². The fraction of sp³-hybridized carbons (Fsp3) is 0.368. The summed E-state index contributed by atoms with van der Waals surface area (Å²) in [6.45, 7) is 4.36. The van der Waals surface area contributed by atoms with Crippen LogP contribution < -0.4 is 0 Å². The number of likely N-dealkylation sites (tertiary alicyclic amines) is 1. The Morgan fingerprint density at radius 2 is 2.00 bits per heavy atom. The summed E-state index contributed by atoms with van der Waals surface area (Å²) < 4.78 is 5.41. The summed E-state index contributed by atoms with van der Waals surface area (Å²) >= 11 is 0. The number of nitrogens with zero attached hydrogens (tertiary/aromatic N) is 5. The molecule has 3 heterocycles. The molecule has 0 radical (unpaired) electrons. The first kappa shape index (κ1) is 16.8. The van der Waals surface area contributed by atoms with Gasteiger partial charge in [-0.25, -0.2) is 9.97 Å². The molecule has 1 fully saturated rings. The smallest absolute Gasteiger partial charge is 0.241 e. The van der Waals surface area contributed by atoms with Gasteiger partial charge in [-0.1, -0.05) is 36.3 Å². The Morgan fingerprint density at radius 1 is 1.19 bits per heavy atom. The van der Waals surface area contributed by atoms with Gasteiger partial charge in [-0.3, -0.25) is 4.90 Å². The fourth-order valence-electron chi connectivity index (χ4n) is 3.24. The van der Waals surface area contributed by atoms with Crippen LogP contribution in [0.4, 0.5) is 0 Å². The van der Waals surface area contributed by atoms with E-state index in [1.807, 2.05) is 30.3 Å². The third-order valence-corrected chi connectivity index (χ3v) is 4.79. The molecule has 0 spiro atoms. The lowest BCUT2D eigenvalue weighted by Crippen LogP contribution is -2.41. The largest absolute Gasteiger partial charge is 0.393 e. The van der Waals surface area contributed by atoms with Crippen LogP contribution in [0, 0.1) is 5.92 Å². The Morgan fingerprint density at radius 3 is 2.73 bits per heavy atom. The molecular weight excluding hydrogens is 330 g/mol. The number of rotatable bonds is 4. The van der Waals surface area contributed by atoms with Crippen molar-refractivity contribution in [3.05, 3.63) is 48.7 Å². The molecule has 7 nitrogen and oxygen atoms in total.